The van der Waals surface area contributed by atoms with Crippen molar-refractivity contribution in [3.63, 3.8) is 0 Å². The van der Waals surface area contributed by atoms with Crippen LogP contribution in [0.4, 0.5) is 27.5 Å². The largest absolute Gasteiger partial charge is 0.340 e. The number of likely N-dealkylation sites (tertiary alicyclic amines) is 1. The van der Waals surface area contributed by atoms with Crippen LogP contribution in [0, 0.1) is 5.82 Å². The van der Waals surface area contributed by atoms with Gasteiger partial charge >= 0.3 is 0 Å². The van der Waals surface area contributed by atoms with Crippen molar-refractivity contribution in [2.24, 2.45) is 5.73 Å². The van der Waals surface area contributed by atoms with Crippen molar-refractivity contribution in [1.82, 2.24) is 19.2 Å². The highest BCUT2D eigenvalue weighted by Gasteiger charge is 2.33. The van der Waals surface area contributed by atoms with Crippen LogP contribution >= 0.6 is 12.4 Å². The van der Waals surface area contributed by atoms with Gasteiger partial charge in [-0.05, 0) is 73.0 Å². The Morgan fingerprint density at radius 1 is 0.905 bits per heavy atom. The van der Waals surface area contributed by atoms with Crippen molar-refractivity contribution in [3.05, 3.63) is 103 Å². The normalized spacial score (nSPS) is 14.4. The van der Waals surface area contributed by atoms with Crippen molar-refractivity contribution in [1.29, 1.82) is 0 Å². The lowest BCUT2D eigenvalue weighted by molar-refractivity contribution is 0.154. The molecule has 1 aliphatic heterocycles. The molecule has 0 aliphatic carbocycles. The molecule has 1 fully saturated rings. The summed E-state index contributed by atoms with van der Waals surface area (Å²) in [5.74, 6) is 0.543. The molecule has 5 rings (SSSR count). The summed E-state index contributed by atoms with van der Waals surface area (Å²) in [6, 6.07) is 24.4. The van der Waals surface area contributed by atoms with Gasteiger partial charge in [-0.1, -0.05) is 30.3 Å². The number of aromatic nitrogens is 2. The molecule has 1 saturated heterocycles. The number of nitrogens with one attached hydrogen (secondary N) is 2. The maximum atomic E-state index is 13.7. The van der Waals surface area contributed by atoms with Gasteiger partial charge in [-0.25, -0.2) is 17.8 Å². The van der Waals surface area contributed by atoms with Gasteiger partial charge in [0.05, 0.1) is 4.90 Å². The van der Waals surface area contributed by atoms with E-state index in [4.69, 9.17) is 5.73 Å². The van der Waals surface area contributed by atoms with Crippen LogP contribution in [0.2, 0.25) is 0 Å². The van der Waals surface area contributed by atoms with Crippen molar-refractivity contribution in [2.75, 3.05) is 36.8 Å². The van der Waals surface area contributed by atoms with E-state index < -0.39 is 10.0 Å². The van der Waals surface area contributed by atoms with Crippen LogP contribution in [-0.2, 0) is 16.6 Å². The van der Waals surface area contributed by atoms with Crippen molar-refractivity contribution in [3.8, 4) is 0 Å². The van der Waals surface area contributed by atoms with E-state index in [9.17, 15) is 12.8 Å². The fourth-order valence-electron chi connectivity index (χ4n) is 4.98. The third-order valence-electron chi connectivity index (χ3n) is 7.05. The molecule has 0 amide bonds. The first-order chi connectivity index (χ1) is 19.9. The quantitative estimate of drug-likeness (QED) is 0.214. The Morgan fingerprint density at radius 3 is 2.21 bits per heavy atom. The van der Waals surface area contributed by atoms with Gasteiger partial charge in [0.2, 0.25) is 16.0 Å². The highest BCUT2D eigenvalue weighted by molar-refractivity contribution is 7.89. The van der Waals surface area contributed by atoms with E-state index in [1.165, 1.54) is 17.7 Å². The summed E-state index contributed by atoms with van der Waals surface area (Å²) in [5, 5.41) is 6.20. The molecule has 12 heteroatoms. The van der Waals surface area contributed by atoms with Gasteiger partial charge in [0, 0.05) is 56.3 Å². The van der Waals surface area contributed by atoms with E-state index in [0.29, 0.717) is 23.1 Å². The lowest BCUT2D eigenvalue weighted by atomic mass is 10.0. The van der Waals surface area contributed by atoms with E-state index in [1.807, 2.05) is 18.2 Å². The average Bonchev–Trinajstić information content (AvgIpc) is 2.99. The number of nitrogens with zero attached hydrogens (tertiary/aromatic N) is 4. The first-order valence-corrected chi connectivity index (χ1v) is 15.1. The zero-order chi connectivity index (χ0) is 28.7. The number of benzene rings is 3. The van der Waals surface area contributed by atoms with E-state index >= 15 is 0 Å². The Labute approximate surface area is 252 Å². The fraction of sp³-hybridized carbons (Fsp3) is 0.267. The molecule has 9 nitrogen and oxygen atoms in total. The minimum Gasteiger partial charge on any atom is -0.340 e. The predicted octanol–water partition coefficient (Wildman–Crippen LogP) is 5.14. The minimum atomic E-state index is -3.73. The minimum absolute atomic E-state index is 0. The molecule has 0 saturated carbocycles. The topological polar surface area (TPSA) is 116 Å². The van der Waals surface area contributed by atoms with Gasteiger partial charge in [0.25, 0.3) is 0 Å². The molecule has 4 N–H and O–H groups in total. The molecule has 0 radical (unpaired) electrons. The third-order valence-corrected chi connectivity index (χ3v) is 9.02. The van der Waals surface area contributed by atoms with Crippen LogP contribution in [0.1, 0.15) is 18.4 Å². The maximum absolute atomic E-state index is 13.7. The SMILES string of the molecule is Cl.NCCN(C1CCN(Cc2ccccc2)CC1)S(=O)(=O)c1ccc(Nc2nccc(Nc3ccc(F)cc3)n2)cc1. The number of rotatable bonds is 11. The predicted molar refractivity (Wildman–Crippen MR) is 166 cm³/mol. The third kappa shape index (κ3) is 8.02. The zero-order valence-corrected chi connectivity index (χ0v) is 24.7. The van der Waals surface area contributed by atoms with Gasteiger partial charge in [-0.3, -0.25) is 4.90 Å². The van der Waals surface area contributed by atoms with Gasteiger partial charge < -0.3 is 16.4 Å². The smallest absolute Gasteiger partial charge is 0.243 e. The van der Waals surface area contributed by atoms with E-state index in [1.54, 1.807) is 53.0 Å². The Hall–Kier alpha value is -3.61. The van der Waals surface area contributed by atoms with E-state index in [2.05, 4.69) is 37.6 Å². The number of piperidine rings is 1. The standard InChI is InChI=1S/C30H34FN7O2S.ClH/c31-24-6-8-25(9-7-24)34-29-14-18-33-30(36-29)35-26-10-12-28(13-11-26)41(39,40)38(21-17-32)27-15-19-37(20-16-27)22-23-4-2-1-3-5-23;/h1-14,18,27H,15-17,19-22,32H2,(H2,33,34,35,36);1H. The molecule has 1 aliphatic rings. The van der Waals surface area contributed by atoms with Crippen LogP contribution < -0.4 is 16.4 Å². The lowest BCUT2D eigenvalue weighted by Crippen LogP contribution is -2.48. The summed E-state index contributed by atoms with van der Waals surface area (Å²) in [6.45, 7) is 3.04. The van der Waals surface area contributed by atoms with Crippen LogP contribution in [0.25, 0.3) is 0 Å². The number of halogens is 2. The second kappa shape index (κ2) is 14.5. The second-order valence-corrected chi connectivity index (χ2v) is 11.8. The Balaban J connectivity index is 0.00000405. The molecular weight excluding hydrogens is 577 g/mol. The maximum Gasteiger partial charge on any atom is 0.243 e. The zero-order valence-electron chi connectivity index (χ0n) is 23.1. The van der Waals surface area contributed by atoms with Gasteiger partial charge in [0.1, 0.15) is 11.6 Å². The highest BCUT2D eigenvalue weighted by atomic mass is 35.5. The molecule has 2 heterocycles. The van der Waals surface area contributed by atoms with Crippen molar-refractivity contribution in [2.45, 2.75) is 30.3 Å². The average molecular weight is 612 g/mol. The van der Waals surface area contributed by atoms with Crippen LogP contribution in [-0.4, -0.2) is 59.8 Å². The molecule has 4 aromatic rings. The molecule has 222 valence electrons. The number of sulfonamides is 1. The van der Waals surface area contributed by atoms with Gasteiger partial charge in [-0.2, -0.15) is 9.29 Å². The second-order valence-electron chi connectivity index (χ2n) is 9.94. The molecule has 3 aromatic carbocycles. The van der Waals surface area contributed by atoms with Crippen LogP contribution in [0.5, 0.6) is 0 Å². The Morgan fingerprint density at radius 2 is 1.55 bits per heavy atom. The van der Waals surface area contributed by atoms with Gasteiger partial charge in [-0.15, -0.1) is 12.4 Å². The Bertz CT molecular complexity index is 1520. The summed E-state index contributed by atoms with van der Waals surface area (Å²) >= 11 is 0. The summed E-state index contributed by atoms with van der Waals surface area (Å²) in [5.41, 5.74) is 8.44. The number of hydrogen-bond acceptors (Lipinski definition) is 8. The molecule has 0 bridgehead atoms. The lowest BCUT2D eigenvalue weighted by Gasteiger charge is -2.37. The summed E-state index contributed by atoms with van der Waals surface area (Å²) < 4.78 is 42.1. The summed E-state index contributed by atoms with van der Waals surface area (Å²) in [4.78, 5) is 11.3. The fourth-order valence-corrected chi connectivity index (χ4v) is 6.68. The molecular formula is C30H35ClFN7O2S. The van der Waals surface area contributed by atoms with Crippen molar-refractivity contribution >= 4 is 45.6 Å². The molecule has 0 spiro atoms. The van der Waals surface area contributed by atoms with Gasteiger partial charge in [0.15, 0.2) is 0 Å². The first-order valence-electron chi connectivity index (χ1n) is 13.6. The van der Waals surface area contributed by atoms with E-state index in [0.717, 1.165) is 32.5 Å². The summed E-state index contributed by atoms with van der Waals surface area (Å²) in [6.07, 6.45) is 3.10. The van der Waals surface area contributed by atoms with Crippen molar-refractivity contribution < 1.29 is 12.8 Å². The number of hydrogen-bond donors (Lipinski definition) is 3. The monoisotopic (exact) mass is 611 g/mol. The molecule has 1 aromatic heterocycles. The number of anilines is 4. The molecule has 0 unspecified atom stereocenters. The number of nitrogens with two attached hydrogens (primary N) is 1. The van der Waals surface area contributed by atoms with Crippen LogP contribution in [0.3, 0.4) is 0 Å². The molecule has 42 heavy (non-hydrogen) atoms. The van der Waals surface area contributed by atoms with Crippen LogP contribution in [0.15, 0.2) is 96.0 Å². The summed E-state index contributed by atoms with van der Waals surface area (Å²) in [7, 11) is -3.73. The Kier molecular flexibility index (Phi) is 10.8. The first kappa shape index (κ1) is 31.3. The highest BCUT2D eigenvalue weighted by Crippen LogP contribution is 2.26. The molecule has 0 atom stereocenters. The van der Waals surface area contributed by atoms with E-state index in [-0.39, 0.29) is 42.3 Å².